The first-order valence-corrected chi connectivity index (χ1v) is 4.72. The zero-order valence-corrected chi connectivity index (χ0v) is 9.34. The van der Waals surface area contributed by atoms with Crippen molar-refractivity contribution in [1.82, 2.24) is 0 Å². The Morgan fingerprint density at radius 1 is 1.00 bits per heavy atom. The predicted octanol–water partition coefficient (Wildman–Crippen LogP) is 1.37. The monoisotopic (exact) mass is 210 g/mol. The molecule has 0 aromatic heterocycles. The van der Waals surface area contributed by atoms with E-state index in [0.29, 0.717) is 17.8 Å². The molecule has 0 unspecified atom stereocenters. The van der Waals surface area contributed by atoms with Crippen molar-refractivity contribution in [1.29, 1.82) is 0 Å². The van der Waals surface area contributed by atoms with E-state index in [-0.39, 0.29) is 23.1 Å². The largest absolute Gasteiger partial charge is 0.492 e. The SMILES string of the molecule is CCOC1=C(C)C(=O)C(C)=C(OC)C1=O. The summed E-state index contributed by atoms with van der Waals surface area (Å²) < 4.78 is 10.1. The Bertz CT molecular complexity index is 374. The van der Waals surface area contributed by atoms with Crippen LogP contribution in [0.1, 0.15) is 20.8 Å². The van der Waals surface area contributed by atoms with Gasteiger partial charge in [-0.05, 0) is 20.8 Å². The number of methoxy groups -OCH3 is 1. The highest BCUT2D eigenvalue weighted by atomic mass is 16.5. The van der Waals surface area contributed by atoms with E-state index in [0.717, 1.165) is 0 Å². The summed E-state index contributed by atoms with van der Waals surface area (Å²) in [5, 5.41) is 0. The highest BCUT2D eigenvalue weighted by molar-refractivity contribution is 6.23. The molecule has 0 radical (unpaired) electrons. The van der Waals surface area contributed by atoms with Crippen molar-refractivity contribution in [2.45, 2.75) is 20.8 Å². The summed E-state index contributed by atoms with van der Waals surface area (Å²) in [4.78, 5) is 23.5. The molecule has 0 spiro atoms. The number of Topliss-reactive ketones (excluding diaryl/α,β-unsaturated/α-hetero) is 2. The minimum Gasteiger partial charge on any atom is -0.492 e. The van der Waals surface area contributed by atoms with E-state index >= 15 is 0 Å². The number of ketones is 2. The van der Waals surface area contributed by atoms with Crippen molar-refractivity contribution < 1.29 is 19.1 Å². The molecule has 4 nitrogen and oxygen atoms in total. The number of hydrogen-bond donors (Lipinski definition) is 0. The van der Waals surface area contributed by atoms with Gasteiger partial charge in [0, 0.05) is 11.1 Å². The fraction of sp³-hybridized carbons (Fsp3) is 0.455. The number of ether oxygens (including phenoxy) is 2. The van der Waals surface area contributed by atoms with Gasteiger partial charge in [0.15, 0.2) is 17.3 Å². The van der Waals surface area contributed by atoms with Gasteiger partial charge >= 0.3 is 0 Å². The molecule has 4 heteroatoms. The summed E-state index contributed by atoms with van der Waals surface area (Å²) in [6, 6.07) is 0. The van der Waals surface area contributed by atoms with Gasteiger partial charge in [-0.2, -0.15) is 0 Å². The van der Waals surface area contributed by atoms with Gasteiger partial charge in [0.2, 0.25) is 0 Å². The van der Waals surface area contributed by atoms with E-state index in [1.54, 1.807) is 20.8 Å². The van der Waals surface area contributed by atoms with E-state index in [2.05, 4.69) is 0 Å². The highest BCUT2D eigenvalue weighted by Crippen LogP contribution is 2.25. The summed E-state index contributed by atoms with van der Waals surface area (Å²) in [6.45, 7) is 5.27. The molecule has 15 heavy (non-hydrogen) atoms. The molecule has 0 aromatic carbocycles. The van der Waals surface area contributed by atoms with Crippen molar-refractivity contribution in [2.24, 2.45) is 0 Å². The molecule has 0 aromatic rings. The molecule has 0 amide bonds. The average molecular weight is 210 g/mol. The molecular weight excluding hydrogens is 196 g/mol. The Balaban J connectivity index is 3.21. The van der Waals surface area contributed by atoms with E-state index in [9.17, 15) is 9.59 Å². The number of hydrogen-bond acceptors (Lipinski definition) is 4. The lowest BCUT2D eigenvalue weighted by molar-refractivity contribution is -0.121. The third-order valence-electron chi connectivity index (χ3n) is 2.27. The van der Waals surface area contributed by atoms with E-state index in [1.807, 2.05) is 0 Å². The van der Waals surface area contributed by atoms with Crippen molar-refractivity contribution in [3.05, 3.63) is 22.7 Å². The maximum atomic E-state index is 11.8. The molecule has 0 aliphatic heterocycles. The van der Waals surface area contributed by atoms with Gasteiger partial charge in [-0.15, -0.1) is 0 Å². The molecule has 0 saturated heterocycles. The van der Waals surface area contributed by atoms with Crippen LogP contribution in [-0.2, 0) is 19.1 Å². The summed E-state index contributed by atoms with van der Waals surface area (Å²) >= 11 is 0. The van der Waals surface area contributed by atoms with Crippen LogP contribution in [0.25, 0.3) is 0 Å². The van der Waals surface area contributed by atoms with Crippen molar-refractivity contribution in [2.75, 3.05) is 13.7 Å². The lowest BCUT2D eigenvalue weighted by Crippen LogP contribution is -2.24. The molecule has 0 heterocycles. The zero-order chi connectivity index (χ0) is 11.6. The maximum Gasteiger partial charge on any atom is 0.262 e. The third kappa shape index (κ3) is 1.79. The van der Waals surface area contributed by atoms with Crippen molar-refractivity contribution in [3.8, 4) is 0 Å². The average Bonchev–Trinajstić information content (AvgIpc) is 2.22. The summed E-state index contributed by atoms with van der Waals surface area (Å²) in [5.41, 5.74) is 0.684. The number of carbonyl (C=O) groups excluding carboxylic acids is 2. The lowest BCUT2D eigenvalue weighted by atomic mass is 9.95. The molecule has 0 N–H and O–H groups in total. The second-order valence-electron chi connectivity index (χ2n) is 3.20. The molecule has 0 bridgehead atoms. The van der Waals surface area contributed by atoms with E-state index in [4.69, 9.17) is 9.47 Å². The van der Waals surface area contributed by atoms with Crippen molar-refractivity contribution >= 4 is 11.6 Å². The Kier molecular flexibility index (Phi) is 3.29. The van der Waals surface area contributed by atoms with Crippen molar-refractivity contribution in [3.63, 3.8) is 0 Å². The van der Waals surface area contributed by atoms with Crippen LogP contribution in [0.2, 0.25) is 0 Å². The number of rotatable bonds is 3. The summed E-state index contributed by atoms with van der Waals surface area (Å²) in [5.74, 6) is -0.372. The second kappa shape index (κ2) is 4.29. The minimum absolute atomic E-state index is 0.0778. The lowest BCUT2D eigenvalue weighted by Gasteiger charge is -2.18. The first kappa shape index (κ1) is 11.5. The van der Waals surface area contributed by atoms with Crippen LogP contribution in [0.3, 0.4) is 0 Å². The topological polar surface area (TPSA) is 52.6 Å². The van der Waals surface area contributed by atoms with Crippen LogP contribution < -0.4 is 0 Å². The summed E-state index contributed by atoms with van der Waals surface area (Å²) in [6.07, 6.45) is 0. The molecule has 1 aliphatic rings. The Hall–Kier alpha value is -1.58. The van der Waals surface area contributed by atoms with Gasteiger partial charge in [0.25, 0.3) is 5.78 Å². The maximum absolute atomic E-state index is 11.8. The zero-order valence-electron chi connectivity index (χ0n) is 9.34. The minimum atomic E-state index is -0.353. The molecule has 1 aliphatic carbocycles. The molecule has 0 fully saturated rings. The molecule has 82 valence electrons. The van der Waals surface area contributed by atoms with E-state index in [1.165, 1.54) is 7.11 Å². The molecule has 0 atom stereocenters. The van der Waals surface area contributed by atoms with Gasteiger partial charge in [-0.25, -0.2) is 0 Å². The Morgan fingerprint density at radius 2 is 1.53 bits per heavy atom. The van der Waals surface area contributed by atoms with Crippen LogP contribution in [-0.4, -0.2) is 25.3 Å². The van der Waals surface area contributed by atoms with Gasteiger partial charge in [-0.3, -0.25) is 9.59 Å². The standard InChI is InChI=1S/C11H14O4/c1-5-15-11-7(3)8(12)6(2)10(14-4)9(11)13/h5H2,1-4H3. The van der Waals surface area contributed by atoms with Crippen LogP contribution in [0.15, 0.2) is 22.7 Å². The number of carbonyl (C=O) groups is 2. The van der Waals surface area contributed by atoms with Crippen LogP contribution in [0, 0.1) is 0 Å². The van der Waals surface area contributed by atoms with Gasteiger partial charge in [0.1, 0.15) is 0 Å². The second-order valence-corrected chi connectivity index (χ2v) is 3.20. The first-order valence-electron chi connectivity index (χ1n) is 4.72. The Morgan fingerprint density at radius 3 is 2.00 bits per heavy atom. The smallest absolute Gasteiger partial charge is 0.262 e. The van der Waals surface area contributed by atoms with Crippen LogP contribution in [0.5, 0.6) is 0 Å². The van der Waals surface area contributed by atoms with Gasteiger partial charge in [-0.1, -0.05) is 0 Å². The third-order valence-corrected chi connectivity index (χ3v) is 2.27. The highest BCUT2D eigenvalue weighted by Gasteiger charge is 2.32. The van der Waals surface area contributed by atoms with Gasteiger partial charge < -0.3 is 9.47 Å². The normalized spacial score (nSPS) is 17.3. The predicted molar refractivity (Wildman–Crippen MR) is 54.0 cm³/mol. The summed E-state index contributed by atoms with van der Waals surface area (Å²) in [7, 11) is 1.37. The fourth-order valence-electron chi connectivity index (χ4n) is 1.50. The van der Waals surface area contributed by atoms with Crippen LogP contribution in [0.4, 0.5) is 0 Å². The Labute approximate surface area is 88.6 Å². The van der Waals surface area contributed by atoms with Gasteiger partial charge in [0.05, 0.1) is 13.7 Å². The molecule has 0 saturated carbocycles. The number of allylic oxidation sites excluding steroid dienone is 2. The molecular formula is C11H14O4. The molecule has 1 rings (SSSR count). The quantitative estimate of drug-likeness (QED) is 0.660. The van der Waals surface area contributed by atoms with Crippen LogP contribution >= 0.6 is 0 Å². The van der Waals surface area contributed by atoms with E-state index < -0.39 is 0 Å². The first-order chi connectivity index (χ1) is 7.04. The fourth-order valence-corrected chi connectivity index (χ4v) is 1.50.